The summed E-state index contributed by atoms with van der Waals surface area (Å²) in [7, 11) is 1.70. The summed E-state index contributed by atoms with van der Waals surface area (Å²) in [6.45, 7) is 3.11. The van der Waals surface area contributed by atoms with Crippen molar-refractivity contribution in [2.24, 2.45) is 0 Å². The quantitative estimate of drug-likeness (QED) is 0.826. The van der Waals surface area contributed by atoms with Gasteiger partial charge in [-0.1, -0.05) is 37.3 Å². The Morgan fingerprint density at radius 3 is 2.70 bits per heavy atom. The number of hydrogen-bond donors (Lipinski definition) is 2. The molecular weight excluding hydrogens is 288 g/mol. The third kappa shape index (κ3) is 4.57. The van der Waals surface area contributed by atoms with Crippen molar-refractivity contribution in [2.45, 2.75) is 19.9 Å². The van der Waals surface area contributed by atoms with Crippen molar-refractivity contribution < 1.29 is 9.90 Å². The molecule has 2 rings (SSSR count). The molecule has 0 spiro atoms. The van der Waals surface area contributed by atoms with Crippen LogP contribution in [0, 0.1) is 0 Å². The van der Waals surface area contributed by atoms with E-state index in [1.807, 2.05) is 30.3 Å². The second-order valence-electron chi connectivity index (χ2n) is 5.51. The fraction of sp³-hybridized carbons (Fsp3) is 0.316. The molecule has 0 aliphatic carbocycles. The van der Waals surface area contributed by atoms with Crippen molar-refractivity contribution in [2.75, 3.05) is 25.5 Å². The average Bonchev–Trinajstić information content (AvgIpc) is 2.60. The van der Waals surface area contributed by atoms with E-state index in [-0.39, 0.29) is 12.5 Å². The number of amides is 1. The van der Waals surface area contributed by atoms with Crippen LogP contribution in [-0.4, -0.2) is 36.1 Å². The molecule has 2 N–H and O–H groups in total. The number of carbonyl (C=O) groups excluding carboxylic acids is 1. The molecule has 0 heterocycles. The minimum Gasteiger partial charge on any atom is -0.395 e. The molecule has 4 heteroatoms. The third-order valence-electron chi connectivity index (χ3n) is 3.84. The lowest BCUT2D eigenvalue weighted by atomic mass is 10.1. The summed E-state index contributed by atoms with van der Waals surface area (Å²) in [6, 6.07) is 15.9. The highest BCUT2D eigenvalue weighted by Crippen LogP contribution is 2.17. The summed E-state index contributed by atoms with van der Waals surface area (Å²) in [6.07, 6.45) is 0.980. The topological polar surface area (TPSA) is 52.6 Å². The minimum absolute atomic E-state index is 0.0305. The monoisotopic (exact) mass is 312 g/mol. The molecule has 0 radical (unpaired) electrons. The molecule has 0 bridgehead atoms. The second-order valence-corrected chi connectivity index (χ2v) is 5.51. The number of para-hydroxylation sites is 1. The first-order chi connectivity index (χ1) is 11.2. The smallest absolute Gasteiger partial charge is 0.253 e. The normalized spacial score (nSPS) is 10.4. The number of aliphatic hydroxyl groups excluding tert-OH is 1. The molecule has 0 saturated carbocycles. The Balaban J connectivity index is 2.07. The van der Waals surface area contributed by atoms with E-state index in [1.54, 1.807) is 13.1 Å². The number of aryl methyl sites for hydroxylation is 1. The van der Waals surface area contributed by atoms with E-state index >= 15 is 0 Å². The minimum atomic E-state index is -0.0742. The van der Waals surface area contributed by atoms with Crippen molar-refractivity contribution >= 4 is 11.6 Å². The van der Waals surface area contributed by atoms with Crippen LogP contribution < -0.4 is 5.32 Å². The number of hydrogen-bond acceptors (Lipinski definition) is 3. The largest absolute Gasteiger partial charge is 0.395 e. The van der Waals surface area contributed by atoms with E-state index in [0.29, 0.717) is 18.7 Å². The maximum Gasteiger partial charge on any atom is 0.253 e. The predicted octanol–water partition coefficient (Wildman–Crippen LogP) is 2.93. The number of anilines is 1. The van der Waals surface area contributed by atoms with Gasteiger partial charge in [0.1, 0.15) is 0 Å². The molecule has 0 aliphatic rings. The zero-order valence-corrected chi connectivity index (χ0v) is 13.7. The number of benzene rings is 2. The first-order valence-electron chi connectivity index (χ1n) is 7.92. The second kappa shape index (κ2) is 8.34. The molecule has 0 fully saturated rings. The highest BCUT2D eigenvalue weighted by molar-refractivity contribution is 5.94. The van der Waals surface area contributed by atoms with Crippen LogP contribution in [-0.2, 0) is 13.0 Å². The molecule has 2 aromatic rings. The van der Waals surface area contributed by atoms with E-state index in [1.165, 1.54) is 10.5 Å². The Labute approximate surface area is 137 Å². The molecule has 2 aromatic carbocycles. The van der Waals surface area contributed by atoms with Gasteiger partial charge in [-0.3, -0.25) is 4.79 Å². The lowest BCUT2D eigenvalue weighted by molar-refractivity contribution is 0.0767. The Kier molecular flexibility index (Phi) is 6.18. The van der Waals surface area contributed by atoms with E-state index in [4.69, 9.17) is 5.11 Å². The Morgan fingerprint density at radius 2 is 1.96 bits per heavy atom. The van der Waals surface area contributed by atoms with Crippen LogP contribution in [0.4, 0.5) is 5.69 Å². The van der Waals surface area contributed by atoms with E-state index < -0.39 is 0 Å². The highest BCUT2D eigenvalue weighted by atomic mass is 16.3. The third-order valence-corrected chi connectivity index (χ3v) is 3.84. The van der Waals surface area contributed by atoms with Crippen LogP contribution in [0.15, 0.2) is 48.5 Å². The molecular formula is C19H24N2O2. The number of carbonyl (C=O) groups is 1. The van der Waals surface area contributed by atoms with Gasteiger partial charge in [-0.15, -0.1) is 0 Å². The van der Waals surface area contributed by atoms with Crippen molar-refractivity contribution in [3.63, 3.8) is 0 Å². The van der Waals surface area contributed by atoms with Gasteiger partial charge >= 0.3 is 0 Å². The van der Waals surface area contributed by atoms with Gasteiger partial charge in [0.25, 0.3) is 5.91 Å². The molecule has 0 aliphatic heterocycles. The zero-order chi connectivity index (χ0) is 16.7. The summed E-state index contributed by atoms with van der Waals surface area (Å²) < 4.78 is 0. The zero-order valence-electron chi connectivity index (χ0n) is 13.7. The Hall–Kier alpha value is -2.33. The SMILES string of the molecule is CCc1ccccc1NCc1cccc(C(=O)N(C)CCO)c1. The van der Waals surface area contributed by atoms with Crippen LogP contribution in [0.1, 0.15) is 28.4 Å². The Morgan fingerprint density at radius 1 is 1.17 bits per heavy atom. The van der Waals surface area contributed by atoms with Crippen molar-refractivity contribution in [3.05, 3.63) is 65.2 Å². The fourth-order valence-corrected chi connectivity index (χ4v) is 2.48. The van der Waals surface area contributed by atoms with Gasteiger partial charge < -0.3 is 15.3 Å². The lowest BCUT2D eigenvalue weighted by Gasteiger charge is -2.16. The first-order valence-corrected chi connectivity index (χ1v) is 7.92. The van der Waals surface area contributed by atoms with Gasteiger partial charge in [-0.05, 0) is 35.7 Å². The number of nitrogens with zero attached hydrogens (tertiary/aromatic N) is 1. The van der Waals surface area contributed by atoms with E-state index in [0.717, 1.165) is 17.7 Å². The number of aliphatic hydroxyl groups is 1. The molecule has 122 valence electrons. The Bertz CT molecular complexity index is 655. The maximum absolute atomic E-state index is 12.3. The maximum atomic E-state index is 12.3. The van der Waals surface area contributed by atoms with Gasteiger partial charge in [-0.2, -0.15) is 0 Å². The summed E-state index contributed by atoms with van der Waals surface area (Å²) >= 11 is 0. The summed E-state index contributed by atoms with van der Waals surface area (Å²) in [5, 5.41) is 12.4. The van der Waals surface area contributed by atoms with Crippen LogP contribution in [0.5, 0.6) is 0 Å². The molecule has 1 amide bonds. The van der Waals surface area contributed by atoms with Crippen LogP contribution in [0.2, 0.25) is 0 Å². The molecule has 23 heavy (non-hydrogen) atoms. The van der Waals surface area contributed by atoms with Crippen LogP contribution >= 0.6 is 0 Å². The van der Waals surface area contributed by atoms with Crippen LogP contribution in [0.3, 0.4) is 0 Å². The van der Waals surface area contributed by atoms with Crippen molar-refractivity contribution in [1.82, 2.24) is 4.90 Å². The standard InChI is InChI=1S/C19H24N2O2/c1-3-16-8-4-5-10-18(16)20-14-15-7-6-9-17(13-15)19(23)21(2)11-12-22/h4-10,13,20,22H,3,11-12,14H2,1-2H3. The van der Waals surface area contributed by atoms with Crippen molar-refractivity contribution in [3.8, 4) is 0 Å². The summed E-state index contributed by atoms with van der Waals surface area (Å²) in [5.74, 6) is -0.0742. The van der Waals surface area contributed by atoms with Gasteiger partial charge in [0.05, 0.1) is 6.61 Å². The number of likely N-dealkylation sites (N-methyl/N-ethyl adjacent to an activating group) is 1. The molecule has 0 unspecified atom stereocenters. The van der Waals surface area contributed by atoms with E-state index in [2.05, 4.69) is 24.4 Å². The first kappa shape index (κ1) is 17.0. The molecule has 0 atom stereocenters. The number of rotatable bonds is 7. The van der Waals surface area contributed by atoms with Gasteiger partial charge in [0.15, 0.2) is 0 Å². The van der Waals surface area contributed by atoms with Gasteiger partial charge in [0.2, 0.25) is 0 Å². The highest BCUT2D eigenvalue weighted by Gasteiger charge is 2.11. The van der Waals surface area contributed by atoms with Crippen molar-refractivity contribution in [1.29, 1.82) is 0 Å². The summed E-state index contributed by atoms with van der Waals surface area (Å²) in [4.78, 5) is 13.8. The average molecular weight is 312 g/mol. The summed E-state index contributed by atoms with van der Waals surface area (Å²) in [5.41, 5.74) is 4.11. The molecule has 0 aromatic heterocycles. The number of nitrogens with one attached hydrogen (secondary N) is 1. The van der Waals surface area contributed by atoms with Crippen LogP contribution in [0.25, 0.3) is 0 Å². The lowest BCUT2D eigenvalue weighted by Crippen LogP contribution is -2.29. The van der Waals surface area contributed by atoms with E-state index in [9.17, 15) is 4.79 Å². The fourth-order valence-electron chi connectivity index (χ4n) is 2.48. The predicted molar refractivity (Wildman–Crippen MR) is 93.6 cm³/mol. The molecule has 0 saturated heterocycles. The van der Waals surface area contributed by atoms with Gasteiger partial charge in [0, 0.05) is 31.4 Å². The van der Waals surface area contributed by atoms with Gasteiger partial charge in [-0.25, -0.2) is 0 Å². The molecule has 4 nitrogen and oxygen atoms in total.